The number of hydrogen-bond donors (Lipinski definition) is 1. The minimum atomic E-state index is -0.928. The number of carbonyl (C=O) groups excluding carboxylic acids is 2. The van der Waals surface area contributed by atoms with Gasteiger partial charge in [-0.1, -0.05) is 23.2 Å². The molecule has 6 atom stereocenters. The van der Waals surface area contributed by atoms with Gasteiger partial charge in [-0.2, -0.15) is 0 Å². The first kappa shape index (κ1) is 18.2. The summed E-state index contributed by atoms with van der Waals surface area (Å²) >= 11 is 11.8. The summed E-state index contributed by atoms with van der Waals surface area (Å²) < 4.78 is 21.0. The van der Waals surface area contributed by atoms with Crippen molar-refractivity contribution >= 4 is 35.0 Å². The van der Waals surface area contributed by atoms with E-state index in [1.54, 1.807) is 12.1 Å². The van der Waals surface area contributed by atoms with E-state index in [-0.39, 0.29) is 19.2 Å². The van der Waals surface area contributed by atoms with Crippen molar-refractivity contribution in [2.45, 2.75) is 31.0 Å². The molecule has 3 aliphatic rings. The maximum Gasteiger partial charge on any atom is 0.309 e. The zero-order valence-electron chi connectivity index (χ0n) is 13.5. The largest absolute Gasteiger partial charge is 0.463 e. The van der Waals surface area contributed by atoms with E-state index in [1.165, 1.54) is 6.07 Å². The van der Waals surface area contributed by atoms with Crippen LogP contribution >= 0.6 is 23.2 Å². The van der Waals surface area contributed by atoms with Crippen LogP contribution in [-0.4, -0.2) is 54.9 Å². The number of hydrogen-bond acceptors (Lipinski definition) is 7. The highest BCUT2D eigenvalue weighted by Crippen LogP contribution is 2.42. The topological polar surface area (TPSA) is 91.3 Å². The first-order valence-electron chi connectivity index (χ1n) is 8.18. The second-order valence-electron chi connectivity index (χ2n) is 6.52. The molecule has 0 amide bonds. The molecule has 1 aromatic rings. The van der Waals surface area contributed by atoms with E-state index in [1.807, 2.05) is 0 Å². The summed E-state index contributed by atoms with van der Waals surface area (Å²) in [6.45, 7) is -0.0522. The summed E-state index contributed by atoms with van der Waals surface area (Å²) in [5.41, 5.74) is 0.413. The van der Waals surface area contributed by atoms with Gasteiger partial charge in [0.2, 0.25) is 0 Å². The fourth-order valence-electron chi connectivity index (χ4n) is 3.22. The second kappa shape index (κ2) is 7.07. The van der Waals surface area contributed by atoms with Gasteiger partial charge in [-0.15, -0.1) is 0 Å². The lowest BCUT2D eigenvalue weighted by molar-refractivity contribution is -0.163. The van der Waals surface area contributed by atoms with E-state index >= 15 is 0 Å². The quantitative estimate of drug-likeness (QED) is 0.592. The lowest BCUT2D eigenvalue weighted by Gasteiger charge is -2.16. The first-order chi connectivity index (χ1) is 12.5. The van der Waals surface area contributed by atoms with Crippen molar-refractivity contribution in [3.8, 4) is 0 Å². The third kappa shape index (κ3) is 3.35. The predicted molar refractivity (Wildman–Crippen MR) is 88.8 cm³/mol. The maximum absolute atomic E-state index is 12.4. The predicted octanol–water partition coefficient (Wildman–Crippen LogP) is 1.81. The number of aliphatic hydroxyl groups excluding tert-OH is 1. The normalized spacial score (nSPS) is 35.2. The Bertz CT molecular complexity index is 740. The Hall–Kier alpha value is -1.22. The Morgan fingerprint density at radius 1 is 1.19 bits per heavy atom. The zero-order valence-corrected chi connectivity index (χ0v) is 15.0. The molecule has 1 aliphatic carbocycles. The lowest BCUT2D eigenvalue weighted by atomic mass is 10.1. The lowest BCUT2D eigenvalue weighted by Crippen LogP contribution is -2.35. The third-order valence-electron chi connectivity index (χ3n) is 4.81. The van der Waals surface area contributed by atoms with E-state index in [0.29, 0.717) is 22.0 Å². The number of ketones is 1. The Balaban J connectivity index is 1.29. The van der Waals surface area contributed by atoms with Crippen LogP contribution in [-0.2, 0) is 23.7 Å². The summed E-state index contributed by atoms with van der Waals surface area (Å²) in [6.07, 6.45) is -2.42. The van der Waals surface area contributed by atoms with Crippen LogP contribution < -0.4 is 0 Å². The van der Waals surface area contributed by atoms with Gasteiger partial charge in [0, 0.05) is 11.5 Å². The fraction of sp³-hybridized carbons (Fsp3) is 0.529. The number of fused-ring (bicyclic) bond motifs is 1. The zero-order chi connectivity index (χ0) is 18.4. The molecule has 9 heteroatoms. The van der Waals surface area contributed by atoms with Crippen molar-refractivity contribution in [1.82, 2.24) is 0 Å². The molecular formula is C17H16Cl2O7. The van der Waals surface area contributed by atoms with Crippen molar-refractivity contribution in [2.75, 3.05) is 13.4 Å². The van der Waals surface area contributed by atoms with Crippen molar-refractivity contribution in [2.24, 2.45) is 11.8 Å². The number of esters is 1. The van der Waals surface area contributed by atoms with Gasteiger partial charge >= 0.3 is 5.97 Å². The molecule has 1 N–H and O–H groups in total. The molecule has 0 aromatic heterocycles. The van der Waals surface area contributed by atoms with Gasteiger partial charge in [0.25, 0.3) is 0 Å². The van der Waals surface area contributed by atoms with Crippen molar-refractivity contribution < 1.29 is 33.6 Å². The van der Waals surface area contributed by atoms with E-state index in [4.69, 9.17) is 42.1 Å². The van der Waals surface area contributed by atoms with Gasteiger partial charge in [0.1, 0.15) is 24.9 Å². The van der Waals surface area contributed by atoms with Crippen LogP contribution in [0.5, 0.6) is 0 Å². The number of halogens is 2. The molecule has 0 radical (unpaired) electrons. The van der Waals surface area contributed by atoms with Crippen LogP contribution in [0.1, 0.15) is 16.8 Å². The summed E-state index contributed by atoms with van der Waals surface area (Å²) in [4.78, 5) is 24.6. The van der Waals surface area contributed by atoms with Gasteiger partial charge in [-0.3, -0.25) is 9.59 Å². The minimum Gasteiger partial charge on any atom is -0.463 e. The molecule has 2 saturated heterocycles. The van der Waals surface area contributed by atoms with Gasteiger partial charge in [0.15, 0.2) is 18.9 Å². The molecule has 1 aromatic carbocycles. The van der Waals surface area contributed by atoms with Gasteiger partial charge in [0.05, 0.1) is 16.0 Å². The standard InChI is InChI=1S/C17H16Cl2O7/c18-10-2-1-7(3-11(10)19)13(20)8-4-9(8)16(22)23-5-12-14(21)15-17(26-12)25-6-24-15/h1-3,8-9,12,14-15,17,21H,4-6H2/t8-,9-,12+,14-,15+,17-/m0/s1. The van der Waals surface area contributed by atoms with Crippen LogP contribution in [0.4, 0.5) is 0 Å². The van der Waals surface area contributed by atoms with Gasteiger partial charge in [-0.05, 0) is 24.6 Å². The molecule has 1 saturated carbocycles. The summed E-state index contributed by atoms with van der Waals surface area (Å²) in [6, 6.07) is 4.62. The molecule has 4 rings (SSSR count). The van der Waals surface area contributed by atoms with Crippen LogP contribution in [0.2, 0.25) is 10.0 Å². The Labute approximate surface area is 159 Å². The van der Waals surface area contributed by atoms with Gasteiger partial charge in [-0.25, -0.2) is 0 Å². The fourth-order valence-corrected chi connectivity index (χ4v) is 3.51. The van der Waals surface area contributed by atoms with E-state index in [9.17, 15) is 14.7 Å². The average Bonchev–Trinajstić information content (AvgIpc) is 3.20. The second-order valence-corrected chi connectivity index (χ2v) is 7.34. The van der Waals surface area contributed by atoms with Crippen LogP contribution in [0.25, 0.3) is 0 Å². The molecule has 7 nitrogen and oxygen atoms in total. The molecule has 0 bridgehead atoms. The monoisotopic (exact) mass is 402 g/mol. The van der Waals surface area contributed by atoms with E-state index in [2.05, 4.69) is 0 Å². The highest BCUT2D eigenvalue weighted by atomic mass is 35.5. The first-order valence-corrected chi connectivity index (χ1v) is 8.94. The number of rotatable bonds is 5. The van der Waals surface area contributed by atoms with E-state index < -0.39 is 42.4 Å². The van der Waals surface area contributed by atoms with E-state index in [0.717, 1.165) is 0 Å². The van der Waals surface area contributed by atoms with Crippen LogP contribution in [0.3, 0.4) is 0 Å². The SMILES string of the molecule is O=C(OC[C@H]1O[C@@H]2OCO[C@@H]2[C@H]1O)[C@H]1C[C@@H]1C(=O)c1ccc(Cl)c(Cl)c1. The minimum absolute atomic E-state index is 0.0689. The Morgan fingerprint density at radius 2 is 2.00 bits per heavy atom. The van der Waals surface area contributed by atoms with Crippen LogP contribution in [0, 0.1) is 11.8 Å². The Kier molecular flexibility index (Phi) is 4.94. The third-order valence-corrected chi connectivity index (χ3v) is 5.55. The molecule has 2 heterocycles. The number of Topliss-reactive ketones (excluding diaryl/α,β-unsaturated/α-hetero) is 1. The molecule has 26 heavy (non-hydrogen) atoms. The summed E-state index contributed by atoms with van der Waals surface area (Å²) in [5.74, 6) is -1.58. The van der Waals surface area contributed by atoms with Crippen molar-refractivity contribution in [3.05, 3.63) is 33.8 Å². The van der Waals surface area contributed by atoms with Crippen LogP contribution in [0.15, 0.2) is 18.2 Å². The molecule has 0 unspecified atom stereocenters. The van der Waals surface area contributed by atoms with Crippen molar-refractivity contribution in [1.29, 1.82) is 0 Å². The average molecular weight is 403 g/mol. The molecule has 3 fully saturated rings. The maximum atomic E-state index is 12.4. The highest BCUT2D eigenvalue weighted by Gasteiger charge is 2.51. The number of aliphatic hydroxyl groups is 1. The smallest absolute Gasteiger partial charge is 0.309 e. The Morgan fingerprint density at radius 3 is 2.73 bits per heavy atom. The molecular weight excluding hydrogens is 387 g/mol. The number of benzene rings is 1. The summed E-state index contributed by atoms with van der Waals surface area (Å²) in [7, 11) is 0. The van der Waals surface area contributed by atoms with Gasteiger partial charge < -0.3 is 24.1 Å². The highest BCUT2D eigenvalue weighted by molar-refractivity contribution is 6.42. The number of carbonyl (C=O) groups is 2. The number of ether oxygens (including phenoxy) is 4. The molecule has 2 aliphatic heterocycles. The molecule has 140 valence electrons. The summed E-state index contributed by atoms with van der Waals surface area (Å²) in [5, 5.41) is 10.7. The van der Waals surface area contributed by atoms with Crippen molar-refractivity contribution in [3.63, 3.8) is 0 Å². The molecule has 0 spiro atoms.